The fourth-order valence-electron chi connectivity index (χ4n) is 3.21. The van der Waals surface area contributed by atoms with E-state index >= 15 is 0 Å². The molecule has 2 aromatic rings. The van der Waals surface area contributed by atoms with E-state index in [-0.39, 0.29) is 22.2 Å². The smallest absolute Gasteiger partial charge is 0.264 e. The number of anilines is 1. The Bertz CT molecular complexity index is 982. The van der Waals surface area contributed by atoms with Crippen molar-refractivity contribution in [2.75, 3.05) is 57.4 Å². The summed E-state index contributed by atoms with van der Waals surface area (Å²) in [6.45, 7) is 3.70. The highest BCUT2D eigenvalue weighted by atomic mass is 35.5. The van der Waals surface area contributed by atoms with Crippen molar-refractivity contribution in [2.24, 2.45) is 0 Å². The first-order chi connectivity index (χ1) is 14.9. The minimum absolute atomic E-state index is 0.0862. The van der Waals surface area contributed by atoms with Gasteiger partial charge in [-0.2, -0.15) is 0 Å². The third-order valence-corrected chi connectivity index (χ3v) is 6.98. The molecule has 0 saturated carbocycles. The van der Waals surface area contributed by atoms with Crippen LogP contribution in [0.3, 0.4) is 0 Å². The van der Waals surface area contributed by atoms with E-state index in [1.54, 1.807) is 30.3 Å². The lowest BCUT2D eigenvalue weighted by Crippen LogP contribution is -2.44. The van der Waals surface area contributed by atoms with Crippen molar-refractivity contribution >= 4 is 33.2 Å². The first-order valence-electron chi connectivity index (χ1n) is 9.90. The molecule has 1 N–H and O–H groups in total. The molecule has 10 heteroatoms. The molecular weight excluding hydrogens is 442 g/mol. The van der Waals surface area contributed by atoms with Crippen LogP contribution in [0.2, 0.25) is 5.02 Å². The third-order valence-electron chi connectivity index (χ3n) is 4.90. The van der Waals surface area contributed by atoms with Crippen LogP contribution in [0.15, 0.2) is 53.4 Å². The molecule has 0 spiro atoms. The molecule has 0 atom stereocenters. The highest BCUT2D eigenvalue weighted by molar-refractivity contribution is 7.92. The van der Waals surface area contributed by atoms with Crippen molar-refractivity contribution in [2.45, 2.75) is 4.90 Å². The quantitative estimate of drug-likeness (QED) is 0.606. The number of ether oxygens (including phenoxy) is 2. The zero-order valence-corrected chi connectivity index (χ0v) is 18.9. The van der Waals surface area contributed by atoms with Crippen LogP contribution in [0.5, 0.6) is 5.75 Å². The molecule has 8 nitrogen and oxygen atoms in total. The van der Waals surface area contributed by atoms with Crippen LogP contribution >= 0.6 is 11.6 Å². The van der Waals surface area contributed by atoms with Gasteiger partial charge >= 0.3 is 0 Å². The van der Waals surface area contributed by atoms with Crippen molar-refractivity contribution in [3.8, 4) is 5.75 Å². The van der Waals surface area contributed by atoms with Gasteiger partial charge in [-0.15, -0.1) is 0 Å². The average molecular weight is 468 g/mol. The summed E-state index contributed by atoms with van der Waals surface area (Å²) in [5, 5.41) is 3.06. The van der Waals surface area contributed by atoms with Crippen LogP contribution < -0.4 is 14.4 Å². The summed E-state index contributed by atoms with van der Waals surface area (Å²) in [5.74, 6) is 0.0112. The Kier molecular flexibility index (Phi) is 8.14. The van der Waals surface area contributed by atoms with Gasteiger partial charge in [-0.05, 0) is 30.3 Å². The predicted molar refractivity (Wildman–Crippen MR) is 119 cm³/mol. The molecular formula is C21H26ClN3O5S. The number of hydrogen-bond acceptors (Lipinski definition) is 6. The third kappa shape index (κ3) is 6.10. The zero-order valence-electron chi connectivity index (χ0n) is 17.3. The van der Waals surface area contributed by atoms with E-state index in [0.29, 0.717) is 32.1 Å². The largest absolute Gasteiger partial charge is 0.495 e. The minimum Gasteiger partial charge on any atom is -0.495 e. The monoisotopic (exact) mass is 467 g/mol. The molecule has 31 heavy (non-hydrogen) atoms. The highest BCUT2D eigenvalue weighted by Crippen LogP contribution is 2.31. The van der Waals surface area contributed by atoms with Crippen LogP contribution in [-0.4, -0.2) is 72.3 Å². The lowest BCUT2D eigenvalue weighted by Gasteiger charge is -2.27. The molecule has 0 bridgehead atoms. The Morgan fingerprint density at radius 1 is 1.19 bits per heavy atom. The Morgan fingerprint density at radius 2 is 1.90 bits per heavy atom. The molecule has 1 fully saturated rings. The van der Waals surface area contributed by atoms with Gasteiger partial charge in [-0.3, -0.25) is 14.0 Å². The molecule has 1 aliphatic rings. The standard InChI is InChI=1S/C21H26ClN3O5S/c1-29-20-8-7-17(15-19(20)22)25(31(27,28)18-5-3-2-4-6-18)16-21(26)23-9-10-24-11-13-30-14-12-24/h2-8,15H,9-14,16H2,1H3,(H,23,26). The Balaban J connectivity index is 1.77. The van der Waals surface area contributed by atoms with Crippen LogP contribution in [0, 0.1) is 0 Å². The Hall–Kier alpha value is -2.33. The second-order valence-electron chi connectivity index (χ2n) is 6.95. The summed E-state index contributed by atoms with van der Waals surface area (Å²) in [6.07, 6.45) is 0. The lowest BCUT2D eigenvalue weighted by molar-refractivity contribution is -0.119. The molecule has 2 aromatic carbocycles. The number of carbonyl (C=O) groups is 1. The number of rotatable bonds is 9. The van der Waals surface area contributed by atoms with E-state index in [0.717, 1.165) is 17.4 Å². The summed E-state index contributed by atoms with van der Waals surface area (Å²) in [7, 11) is -2.51. The van der Waals surface area contributed by atoms with Crippen LogP contribution in [0.1, 0.15) is 0 Å². The molecule has 0 aromatic heterocycles. The summed E-state index contributed by atoms with van der Waals surface area (Å²) >= 11 is 6.21. The Labute approximate surface area is 187 Å². The number of hydrogen-bond donors (Lipinski definition) is 1. The van der Waals surface area contributed by atoms with Gasteiger partial charge in [0.2, 0.25) is 5.91 Å². The van der Waals surface area contributed by atoms with Crippen molar-refractivity contribution < 1.29 is 22.7 Å². The zero-order chi connectivity index (χ0) is 22.3. The maximum atomic E-state index is 13.3. The number of nitrogens with zero attached hydrogens (tertiary/aromatic N) is 2. The van der Waals surface area contributed by atoms with Crippen molar-refractivity contribution in [3.05, 3.63) is 53.6 Å². The topological polar surface area (TPSA) is 88.2 Å². The predicted octanol–water partition coefficient (Wildman–Crippen LogP) is 1.99. The highest BCUT2D eigenvalue weighted by Gasteiger charge is 2.27. The van der Waals surface area contributed by atoms with Crippen molar-refractivity contribution in [1.82, 2.24) is 10.2 Å². The molecule has 1 aliphatic heterocycles. The number of sulfonamides is 1. The lowest BCUT2D eigenvalue weighted by atomic mass is 10.3. The van der Waals surface area contributed by atoms with Gasteiger partial charge in [-0.25, -0.2) is 8.42 Å². The molecule has 168 valence electrons. The summed E-state index contributed by atoms with van der Waals surface area (Å²) in [5.41, 5.74) is 0.276. The van der Waals surface area contributed by atoms with E-state index in [4.69, 9.17) is 21.1 Å². The fourth-order valence-corrected chi connectivity index (χ4v) is 4.90. The number of carbonyl (C=O) groups excluding carboxylic acids is 1. The molecule has 0 aliphatic carbocycles. The van der Waals surface area contributed by atoms with Crippen molar-refractivity contribution in [3.63, 3.8) is 0 Å². The van der Waals surface area contributed by atoms with Crippen LogP contribution in [0.25, 0.3) is 0 Å². The number of benzene rings is 2. The molecule has 1 saturated heterocycles. The van der Waals surface area contributed by atoms with Crippen molar-refractivity contribution in [1.29, 1.82) is 0 Å². The van der Waals surface area contributed by atoms with Crippen LogP contribution in [0.4, 0.5) is 5.69 Å². The number of morpholine rings is 1. The Morgan fingerprint density at radius 3 is 2.55 bits per heavy atom. The van der Waals surface area contributed by atoms with Gasteiger partial charge in [0.25, 0.3) is 10.0 Å². The number of methoxy groups -OCH3 is 1. The van der Waals surface area contributed by atoms with E-state index in [1.165, 1.54) is 25.3 Å². The second-order valence-corrected chi connectivity index (χ2v) is 9.22. The fraction of sp³-hybridized carbons (Fsp3) is 0.381. The first kappa shape index (κ1) is 23.3. The summed E-state index contributed by atoms with van der Waals surface area (Å²) in [6, 6.07) is 12.6. The van der Waals surface area contributed by atoms with Gasteiger partial charge in [-0.1, -0.05) is 29.8 Å². The van der Waals surface area contributed by atoms with Gasteiger partial charge < -0.3 is 14.8 Å². The van der Waals surface area contributed by atoms with Gasteiger partial charge in [0, 0.05) is 26.2 Å². The number of nitrogens with one attached hydrogen (secondary N) is 1. The summed E-state index contributed by atoms with van der Waals surface area (Å²) in [4.78, 5) is 14.9. The molecule has 1 amide bonds. The molecule has 1 heterocycles. The summed E-state index contributed by atoms with van der Waals surface area (Å²) < 4.78 is 38.1. The van der Waals surface area contributed by atoms with Gasteiger partial charge in [0.1, 0.15) is 12.3 Å². The van der Waals surface area contributed by atoms with E-state index in [1.807, 2.05) is 0 Å². The average Bonchev–Trinajstić information content (AvgIpc) is 2.78. The van der Waals surface area contributed by atoms with E-state index in [2.05, 4.69) is 10.2 Å². The normalized spacial score (nSPS) is 14.8. The number of halogens is 1. The maximum absolute atomic E-state index is 13.3. The van der Waals surface area contributed by atoms with E-state index < -0.39 is 15.9 Å². The van der Waals surface area contributed by atoms with Gasteiger partial charge in [0.15, 0.2) is 0 Å². The maximum Gasteiger partial charge on any atom is 0.264 e. The molecule has 3 rings (SSSR count). The van der Waals surface area contributed by atoms with Crippen LogP contribution in [-0.2, 0) is 19.6 Å². The van der Waals surface area contributed by atoms with E-state index in [9.17, 15) is 13.2 Å². The first-order valence-corrected chi connectivity index (χ1v) is 11.7. The second kappa shape index (κ2) is 10.8. The SMILES string of the molecule is COc1ccc(N(CC(=O)NCCN2CCOCC2)S(=O)(=O)c2ccccc2)cc1Cl. The molecule has 0 radical (unpaired) electrons. The number of amides is 1. The minimum atomic E-state index is -3.98. The van der Waals surface area contributed by atoms with Gasteiger partial charge in [0.05, 0.1) is 35.9 Å². The molecule has 0 unspecified atom stereocenters.